The van der Waals surface area contributed by atoms with Gasteiger partial charge in [-0.2, -0.15) is 0 Å². The summed E-state index contributed by atoms with van der Waals surface area (Å²) in [6.45, 7) is 6.21. The first-order valence-electron chi connectivity index (χ1n) is 6.67. The van der Waals surface area contributed by atoms with Crippen molar-refractivity contribution >= 4 is 35.5 Å². The summed E-state index contributed by atoms with van der Waals surface area (Å²) in [5.74, 6) is 1.45. The number of allylic oxidation sites excluding steroid dienone is 2. The second-order valence-corrected chi connectivity index (χ2v) is 6.96. The zero-order chi connectivity index (χ0) is 15.4. The molecule has 6 heteroatoms. The molecule has 0 spiro atoms. The van der Waals surface area contributed by atoms with Crippen molar-refractivity contribution in [1.29, 1.82) is 0 Å². The Morgan fingerprint density at radius 1 is 1.38 bits per heavy atom. The van der Waals surface area contributed by atoms with Crippen LogP contribution in [-0.4, -0.2) is 17.9 Å². The third kappa shape index (κ3) is 3.66. The molecule has 0 fully saturated rings. The van der Waals surface area contributed by atoms with Crippen LogP contribution in [0.1, 0.15) is 32.3 Å². The minimum absolute atomic E-state index is 0.0184. The van der Waals surface area contributed by atoms with Crippen molar-refractivity contribution in [2.45, 2.75) is 31.4 Å². The number of halogens is 1. The van der Waals surface area contributed by atoms with Gasteiger partial charge in [-0.1, -0.05) is 13.0 Å². The normalized spacial score (nSPS) is 16.5. The van der Waals surface area contributed by atoms with Gasteiger partial charge in [-0.25, -0.2) is 0 Å². The quantitative estimate of drug-likeness (QED) is 0.624. The van der Waals surface area contributed by atoms with E-state index in [0.29, 0.717) is 17.9 Å². The second kappa shape index (κ2) is 7.09. The molecule has 0 saturated carbocycles. The van der Waals surface area contributed by atoms with Gasteiger partial charge in [0.1, 0.15) is 0 Å². The zero-order valence-corrected chi connectivity index (χ0v) is 13.8. The van der Waals surface area contributed by atoms with Crippen molar-refractivity contribution in [3.63, 3.8) is 0 Å². The van der Waals surface area contributed by atoms with Gasteiger partial charge in [0.05, 0.1) is 4.71 Å². The van der Waals surface area contributed by atoms with E-state index >= 15 is 0 Å². The molecular weight excluding hydrogens is 310 g/mol. The maximum Gasteiger partial charge on any atom is 0.231 e. The van der Waals surface area contributed by atoms with Gasteiger partial charge in [0.25, 0.3) is 0 Å². The van der Waals surface area contributed by atoms with Crippen LogP contribution < -0.4 is 14.8 Å². The van der Waals surface area contributed by atoms with E-state index < -0.39 is 0 Å². The minimum Gasteiger partial charge on any atom is -0.454 e. The monoisotopic (exact) mass is 327 g/mol. The van der Waals surface area contributed by atoms with Crippen LogP contribution in [0.3, 0.4) is 0 Å². The van der Waals surface area contributed by atoms with Crippen molar-refractivity contribution < 1.29 is 14.3 Å². The van der Waals surface area contributed by atoms with E-state index in [-0.39, 0.29) is 17.4 Å². The maximum absolute atomic E-state index is 10.8. The molecule has 1 amide bonds. The number of benzene rings is 1. The van der Waals surface area contributed by atoms with Crippen LogP contribution in [-0.2, 0) is 4.79 Å². The maximum atomic E-state index is 10.8. The second-order valence-electron chi connectivity index (χ2n) is 4.63. The summed E-state index contributed by atoms with van der Waals surface area (Å²) in [6.07, 6.45) is 2.71. The fraction of sp³-hybridized carbons (Fsp3) is 0.400. The number of alkyl halides is 1. The first-order valence-corrected chi connectivity index (χ1v) is 7.99. The summed E-state index contributed by atoms with van der Waals surface area (Å²) < 4.78 is 10.8. The van der Waals surface area contributed by atoms with Crippen molar-refractivity contribution in [3.05, 3.63) is 28.7 Å². The zero-order valence-electron chi connectivity index (χ0n) is 12.2. The predicted octanol–water partition coefficient (Wildman–Crippen LogP) is 4.31. The van der Waals surface area contributed by atoms with E-state index in [2.05, 4.69) is 12.2 Å². The van der Waals surface area contributed by atoms with E-state index in [1.807, 2.05) is 26.0 Å². The SMILES string of the molecule is C/C=C(\SC(C)Cl)C(C)c1cc2c(cc1NC=O)OCO2. The third-order valence-electron chi connectivity index (χ3n) is 3.24. The van der Waals surface area contributed by atoms with Crippen LogP contribution >= 0.6 is 23.4 Å². The molecule has 0 saturated heterocycles. The van der Waals surface area contributed by atoms with Gasteiger partial charge >= 0.3 is 0 Å². The van der Waals surface area contributed by atoms with Gasteiger partial charge in [0.15, 0.2) is 11.5 Å². The van der Waals surface area contributed by atoms with E-state index in [0.717, 1.165) is 16.2 Å². The molecule has 0 aromatic heterocycles. The highest BCUT2D eigenvalue weighted by Gasteiger charge is 2.22. The third-order valence-corrected chi connectivity index (χ3v) is 4.69. The summed E-state index contributed by atoms with van der Waals surface area (Å²) >= 11 is 7.68. The van der Waals surface area contributed by atoms with Gasteiger partial charge in [-0.3, -0.25) is 4.79 Å². The molecule has 0 aliphatic carbocycles. The summed E-state index contributed by atoms with van der Waals surface area (Å²) in [5.41, 5.74) is 1.70. The van der Waals surface area contributed by atoms with Gasteiger partial charge in [0, 0.05) is 17.7 Å². The van der Waals surface area contributed by atoms with Gasteiger partial charge in [-0.15, -0.1) is 23.4 Å². The molecule has 1 aliphatic heterocycles. The lowest BCUT2D eigenvalue weighted by Gasteiger charge is -2.20. The van der Waals surface area contributed by atoms with Crippen LogP contribution in [0.4, 0.5) is 5.69 Å². The average molecular weight is 328 g/mol. The molecule has 4 nitrogen and oxygen atoms in total. The Morgan fingerprint density at radius 2 is 2.05 bits per heavy atom. The first kappa shape index (κ1) is 16.0. The molecule has 114 valence electrons. The summed E-state index contributed by atoms with van der Waals surface area (Å²) in [6, 6.07) is 3.71. The fourth-order valence-electron chi connectivity index (χ4n) is 2.27. The van der Waals surface area contributed by atoms with Crippen LogP contribution in [0.2, 0.25) is 0 Å². The van der Waals surface area contributed by atoms with Crippen molar-refractivity contribution in [2.75, 3.05) is 12.1 Å². The number of nitrogens with one attached hydrogen (secondary N) is 1. The predicted molar refractivity (Wildman–Crippen MR) is 87.3 cm³/mol. The highest BCUT2D eigenvalue weighted by Crippen LogP contribution is 2.44. The van der Waals surface area contributed by atoms with Gasteiger partial charge in [-0.05, 0) is 30.4 Å². The Labute approximate surface area is 133 Å². The molecule has 2 atom stereocenters. The summed E-state index contributed by atoms with van der Waals surface area (Å²) in [5, 5.41) is 2.73. The minimum atomic E-state index is -0.0184. The number of carbonyl (C=O) groups excluding carboxylic acids is 1. The van der Waals surface area contributed by atoms with Crippen molar-refractivity contribution in [2.24, 2.45) is 0 Å². The lowest BCUT2D eigenvalue weighted by Crippen LogP contribution is -2.04. The van der Waals surface area contributed by atoms with Crippen molar-refractivity contribution in [3.8, 4) is 11.5 Å². The van der Waals surface area contributed by atoms with Crippen LogP contribution in [0.15, 0.2) is 23.1 Å². The first-order chi connectivity index (χ1) is 10.1. The lowest BCUT2D eigenvalue weighted by atomic mass is 9.97. The van der Waals surface area contributed by atoms with Crippen molar-refractivity contribution in [1.82, 2.24) is 0 Å². The molecule has 0 bridgehead atoms. The number of hydrogen-bond donors (Lipinski definition) is 1. The van der Waals surface area contributed by atoms with Crippen LogP contribution in [0.25, 0.3) is 0 Å². The summed E-state index contributed by atoms with van der Waals surface area (Å²) in [7, 11) is 0. The molecule has 2 rings (SSSR count). The van der Waals surface area contributed by atoms with Crippen LogP contribution in [0.5, 0.6) is 11.5 Å². The van der Waals surface area contributed by atoms with E-state index in [9.17, 15) is 4.79 Å². The molecule has 1 aromatic carbocycles. The highest BCUT2D eigenvalue weighted by molar-refractivity contribution is 8.04. The largest absolute Gasteiger partial charge is 0.454 e. The van der Waals surface area contributed by atoms with Crippen LogP contribution in [0, 0.1) is 0 Å². The number of ether oxygens (including phenoxy) is 2. The fourth-order valence-corrected chi connectivity index (χ4v) is 3.42. The Bertz CT molecular complexity index is 560. The Morgan fingerprint density at radius 3 is 2.62 bits per heavy atom. The number of anilines is 1. The smallest absolute Gasteiger partial charge is 0.231 e. The molecule has 1 N–H and O–H groups in total. The lowest BCUT2D eigenvalue weighted by molar-refractivity contribution is -0.105. The summed E-state index contributed by atoms with van der Waals surface area (Å²) in [4.78, 5) is 12.0. The molecule has 1 heterocycles. The molecule has 2 unspecified atom stereocenters. The molecule has 0 radical (unpaired) electrons. The number of thioether (sulfide) groups is 1. The molecule has 1 aliphatic rings. The Balaban J connectivity index is 2.38. The topological polar surface area (TPSA) is 47.6 Å². The number of amides is 1. The number of fused-ring (bicyclic) bond motifs is 1. The molecule has 1 aromatic rings. The van der Waals surface area contributed by atoms with E-state index in [1.54, 1.807) is 17.8 Å². The Hall–Kier alpha value is -1.33. The average Bonchev–Trinajstić information content (AvgIpc) is 2.90. The number of rotatable bonds is 6. The Kier molecular flexibility index (Phi) is 5.42. The van der Waals surface area contributed by atoms with E-state index in [4.69, 9.17) is 21.1 Å². The van der Waals surface area contributed by atoms with Gasteiger partial charge in [0.2, 0.25) is 13.2 Å². The molecular formula is C15H18ClNO3S. The van der Waals surface area contributed by atoms with E-state index in [1.165, 1.54) is 0 Å². The highest BCUT2D eigenvalue weighted by atomic mass is 35.5. The number of hydrogen-bond acceptors (Lipinski definition) is 4. The number of carbonyl (C=O) groups is 1. The standard InChI is InChI=1S/C15H18ClNO3S/c1-4-15(21-10(3)16)9(2)11-5-13-14(20-8-19-13)6-12(11)17-7-18/h4-7,9-10H,8H2,1-3H3,(H,17,18)/b15-4-. The molecule has 21 heavy (non-hydrogen) atoms. The van der Waals surface area contributed by atoms with Gasteiger partial charge < -0.3 is 14.8 Å².